The molecular formula is C12H14N2O5. The van der Waals surface area contributed by atoms with Crippen LogP contribution in [0.2, 0.25) is 0 Å². The van der Waals surface area contributed by atoms with E-state index in [-0.39, 0.29) is 18.4 Å². The van der Waals surface area contributed by atoms with E-state index < -0.39 is 5.97 Å². The third-order valence-electron chi connectivity index (χ3n) is 2.46. The molecule has 2 aromatic heterocycles. The van der Waals surface area contributed by atoms with E-state index in [0.717, 1.165) is 5.56 Å². The summed E-state index contributed by atoms with van der Waals surface area (Å²) in [5, 5.41) is 3.61. The summed E-state index contributed by atoms with van der Waals surface area (Å²) in [6.07, 6.45) is 0.721. The van der Waals surface area contributed by atoms with E-state index in [2.05, 4.69) is 14.9 Å². The Morgan fingerprint density at radius 2 is 2.26 bits per heavy atom. The third-order valence-corrected chi connectivity index (χ3v) is 2.46. The van der Waals surface area contributed by atoms with Crippen LogP contribution in [0, 0.1) is 6.92 Å². The molecule has 2 rings (SSSR count). The summed E-state index contributed by atoms with van der Waals surface area (Å²) in [4.78, 5) is 15.3. The number of aromatic nitrogens is 2. The highest BCUT2D eigenvalue weighted by Crippen LogP contribution is 2.19. The Labute approximate surface area is 109 Å². The van der Waals surface area contributed by atoms with Gasteiger partial charge in [0.05, 0.1) is 7.11 Å². The van der Waals surface area contributed by atoms with Crippen LogP contribution >= 0.6 is 0 Å². The fourth-order valence-electron chi connectivity index (χ4n) is 1.57. The van der Waals surface area contributed by atoms with Crippen LogP contribution in [0.15, 0.2) is 15.0 Å². The average molecular weight is 266 g/mol. The lowest BCUT2D eigenvalue weighted by molar-refractivity contribution is 0.0563. The third kappa shape index (κ3) is 2.93. The zero-order chi connectivity index (χ0) is 13.8. The molecule has 2 aromatic rings. The largest absolute Gasteiger partial charge is 0.463 e. The normalized spacial score (nSPS) is 10.5. The number of aryl methyl sites for hydroxylation is 2. The fourth-order valence-corrected chi connectivity index (χ4v) is 1.57. The Bertz CT molecular complexity index is 572. The summed E-state index contributed by atoms with van der Waals surface area (Å²) in [5.74, 6) is 0.791. The van der Waals surface area contributed by atoms with Crippen molar-refractivity contribution in [3.05, 3.63) is 29.0 Å². The van der Waals surface area contributed by atoms with Crippen LogP contribution in [0.4, 0.5) is 0 Å². The molecule has 0 aliphatic carbocycles. The van der Waals surface area contributed by atoms with Gasteiger partial charge < -0.3 is 13.9 Å². The lowest BCUT2D eigenvalue weighted by Crippen LogP contribution is -1.99. The maximum atomic E-state index is 11.4. The average Bonchev–Trinajstić information content (AvgIpc) is 3.01. The predicted molar refractivity (Wildman–Crippen MR) is 62.8 cm³/mol. The van der Waals surface area contributed by atoms with Crippen molar-refractivity contribution in [1.82, 2.24) is 10.1 Å². The number of methoxy groups -OCH3 is 1. The van der Waals surface area contributed by atoms with Crippen LogP contribution in [0.25, 0.3) is 0 Å². The van der Waals surface area contributed by atoms with Crippen molar-refractivity contribution in [2.24, 2.45) is 0 Å². The molecule has 102 valence electrons. The second-order valence-corrected chi connectivity index (χ2v) is 3.80. The van der Waals surface area contributed by atoms with E-state index in [1.54, 1.807) is 13.0 Å². The SMILES string of the molecule is CCc1oc(C(=O)OC)cc1COc1nc(C)no1. The second-order valence-electron chi connectivity index (χ2n) is 3.80. The maximum Gasteiger partial charge on any atom is 0.417 e. The highest BCUT2D eigenvalue weighted by molar-refractivity contribution is 5.86. The Kier molecular flexibility index (Phi) is 3.84. The van der Waals surface area contributed by atoms with Gasteiger partial charge in [0.1, 0.15) is 12.4 Å². The van der Waals surface area contributed by atoms with Crippen LogP contribution in [0.5, 0.6) is 6.08 Å². The smallest absolute Gasteiger partial charge is 0.417 e. The van der Waals surface area contributed by atoms with Crippen molar-refractivity contribution in [2.75, 3.05) is 7.11 Å². The Hall–Kier alpha value is -2.31. The second kappa shape index (κ2) is 5.55. The van der Waals surface area contributed by atoms with Gasteiger partial charge in [-0.05, 0) is 13.0 Å². The van der Waals surface area contributed by atoms with Gasteiger partial charge >= 0.3 is 12.0 Å². The molecule has 0 spiro atoms. The first-order valence-electron chi connectivity index (χ1n) is 5.77. The van der Waals surface area contributed by atoms with Crippen molar-refractivity contribution < 1.29 is 23.2 Å². The summed E-state index contributed by atoms with van der Waals surface area (Å²) in [6.45, 7) is 3.80. The van der Waals surface area contributed by atoms with Crippen LogP contribution in [0.1, 0.15) is 34.6 Å². The van der Waals surface area contributed by atoms with Gasteiger partial charge in [0.25, 0.3) is 0 Å². The van der Waals surface area contributed by atoms with Crippen molar-refractivity contribution in [2.45, 2.75) is 26.9 Å². The number of rotatable bonds is 5. The lowest BCUT2D eigenvalue weighted by Gasteiger charge is -1.99. The molecule has 0 aliphatic rings. The van der Waals surface area contributed by atoms with Gasteiger partial charge in [-0.25, -0.2) is 4.79 Å². The van der Waals surface area contributed by atoms with Crippen LogP contribution < -0.4 is 4.74 Å². The van der Waals surface area contributed by atoms with Gasteiger partial charge in [-0.1, -0.05) is 12.1 Å². The molecule has 0 saturated carbocycles. The molecule has 0 aliphatic heterocycles. The number of carbonyl (C=O) groups is 1. The van der Waals surface area contributed by atoms with Crippen molar-refractivity contribution in [3.8, 4) is 6.08 Å². The summed E-state index contributed by atoms with van der Waals surface area (Å²) in [5.41, 5.74) is 0.749. The van der Waals surface area contributed by atoms with Gasteiger partial charge in [-0.2, -0.15) is 4.98 Å². The molecule has 7 heteroatoms. The molecule has 0 bridgehead atoms. The monoisotopic (exact) mass is 266 g/mol. The first-order chi connectivity index (χ1) is 9.13. The molecular weight excluding hydrogens is 252 g/mol. The van der Waals surface area contributed by atoms with Crippen molar-refractivity contribution in [1.29, 1.82) is 0 Å². The maximum absolute atomic E-state index is 11.4. The minimum absolute atomic E-state index is 0.0837. The van der Waals surface area contributed by atoms with Gasteiger partial charge in [-0.15, -0.1) is 0 Å². The van der Waals surface area contributed by atoms with Gasteiger partial charge in [0.15, 0.2) is 5.82 Å². The van der Waals surface area contributed by atoms with Gasteiger partial charge in [0.2, 0.25) is 5.76 Å². The van der Waals surface area contributed by atoms with Crippen LogP contribution in [-0.2, 0) is 17.8 Å². The molecule has 7 nitrogen and oxygen atoms in total. The molecule has 2 heterocycles. The number of furan rings is 1. The van der Waals surface area contributed by atoms with E-state index >= 15 is 0 Å². The first kappa shape index (κ1) is 13.1. The van der Waals surface area contributed by atoms with Crippen molar-refractivity contribution >= 4 is 5.97 Å². The van der Waals surface area contributed by atoms with Crippen molar-refractivity contribution in [3.63, 3.8) is 0 Å². The van der Waals surface area contributed by atoms with Gasteiger partial charge in [0, 0.05) is 12.0 Å². The number of esters is 1. The minimum Gasteiger partial charge on any atom is -0.463 e. The molecule has 0 radical (unpaired) electrons. The molecule has 0 saturated heterocycles. The minimum atomic E-state index is -0.519. The standard InChI is InChI=1S/C12H14N2O5/c1-4-9-8(5-10(18-9)11(15)16-3)6-17-12-13-7(2)14-19-12/h5H,4,6H2,1-3H3. The van der Waals surface area contributed by atoms with Gasteiger partial charge in [-0.3, -0.25) is 4.52 Å². The topological polar surface area (TPSA) is 87.6 Å². The molecule has 0 unspecified atom stereocenters. The van der Waals surface area contributed by atoms with E-state index in [0.29, 0.717) is 18.0 Å². The highest BCUT2D eigenvalue weighted by atomic mass is 16.6. The first-order valence-corrected chi connectivity index (χ1v) is 5.77. The highest BCUT2D eigenvalue weighted by Gasteiger charge is 2.17. The Balaban J connectivity index is 2.10. The lowest BCUT2D eigenvalue weighted by atomic mass is 10.2. The molecule has 0 N–H and O–H groups in total. The zero-order valence-electron chi connectivity index (χ0n) is 10.9. The number of hydrogen-bond donors (Lipinski definition) is 0. The summed E-state index contributed by atoms with van der Waals surface area (Å²) in [6, 6.07) is 1.59. The molecule has 0 fully saturated rings. The zero-order valence-corrected chi connectivity index (χ0v) is 10.9. The van der Waals surface area contributed by atoms with Crippen LogP contribution in [-0.4, -0.2) is 23.2 Å². The molecule has 19 heavy (non-hydrogen) atoms. The quantitative estimate of drug-likeness (QED) is 0.763. The van der Waals surface area contributed by atoms with Crippen LogP contribution in [0.3, 0.4) is 0 Å². The number of hydrogen-bond acceptors (Lipinski definition) is 7. The molecule has 0 atom stereocenters. The molecule has 0 amide bonds. The fraction of sp³-hybridized carbons (Fsp3) is 0.417. The van der Waals surface area contributed by atoms with E-state index in [1.807, 2.05) is 6.92 Å². The van der Waals surface area contributed by atoms with E-state index in [9.17, 15) is 4.79 Å². The molecule has 0 aromatic carbocycles. The summed E-state index contributed by atoms with van der Waals surface area (Å²) < 4.78 is 20.1. The summed E-state index contributed by atoms with van der Waals surface area (Å²) >= 11 is 0. The Morgan fingerprint density at radius 1 is 1.47 bits per heavy atom. The summed E-state index contributed by atoms with van der Waals surface area (Å²) in [7, 11) is 1.30. The van der Waals surface area contributed by atoms with E-state index in [4.69, 9.17) is 13.7 Å². The number of ether oxygens (including phenoxy) is 2. The predicted octanol–water partition coefficient (Wildman–Crippen LogP) is 1.90. The van der Waals surface area contributed by atoms with E-state index in [1.165, 1.54) is 7.11 Å². The number of nitrogens with zero attached hydrogens (tertiary/aromatic N) is 2. The Morgan fingerprint density at radius 3 is 2.84 bits per heavy atom. The number of carbonyl (C=O) groups excluding carboxylic acids is 1.